The molecule has 0 radical (unpaired) electrons. The molecule has 3 saturated carbocycles. The summed E-state index contributed by atoms with van der Waals surface area (Å²) in [4.78, 5) is 13.7. The van der Waals surface area contributed by atoms with Crippen LogP contribution in [-0.4, -0.2) is 66.9 Å². The first-order valence-corrected chi connectivity index (χ1v) is 16.2. The number of aryl methyl sites for hydroxylation is 1. The topological polar surface area (TPSA) is 131 Å². The Balaban J connectivity index is 1.40. The molecule has 232 valence electrons. The van der Waals surface area contributed by atoms with Crippen LogP contribution in [0.25, 0.3) is 0 Å². The highest BCUT2D eigenvalue weighted by Gasteiger charge is 2.72. The molecule has 4 fully saturated rings. The average molecular weight is 583 g/mol. The first kappa shape index (κ1) is 30.3. The van der Waals surface area contributed by atoms with E-state index in [0.29, 0.717) is 50.4 Å². The number of fused-ring (bicyclic) bond motifs is 5. The highest BCUT2D eigenvalue weighted by Crippen LogP contribution is 2.70. The number of ketones is 1. The van der Waals surface area contributed by atoms with Crippen molar-refractivity contribution in [3.05, 3.63) is 41.5 Å². The summed E-state index contributed by atoms with van der Waals surface area (Å²) >= 11 is 0. The number of carbonyl (C=O) groups is 1. The van der Waals surface area contributed by atoms with E-state index in [1.54, 1.807) is 18.2 Å². The Bertz CT molecular complexity index is 1260. The predicted molar refractivity (Wildman–Crippen MR) is 158 cm³/mol. The molecule has 6 rings (SSSR count). The summed E-state index contributed by atoms with van der Waals surface area (Å²) < 4.78 is 6.20. The summed E-state index contributed by atoms with van der Waals surface area (Å²) in [6, 6.07) is 7.22. The number of allylic oxidation sites excluding steroid dienone is 1. The monoisotopic (exact) mass is 582 g/mol. The van der Waals surface area contributed by atoms with E-state index < -0.39 is 34.2 Å². The van der Waals surface area contributed by atoms with Crippen LogP contribution in [-0.2, 0) is 16.0 Å². The second-order valence-electron chi connectivity index (χ2n) is 15.4. The van der Waals surface area contributed by atoms with Gasteiger partial charge in [0.05, 0.1) is 29.5 Å². The summed E-state index contributed by atoms with van der Waals surface area (Å²) in [7, 11) is 0. The first-order valence-electron chi connectivity index (χ1n) is 16.2. The number of hydrogen-bond donors (Lipinski definition) is 5. The van der Waals surface area contributed by atoms with Crippen molar-refractivity contribution in [2.24, 2.45) is 40.4 Å². The molecular weight excluding hydrogens is 532 g/mol. The van der Waals surface area contributed by atoms with Gasteiger partial charge in [-0.1, -0.05) is 39.8 Å². The molecular formula is C35H50O7. The second kappa shape index (κ2) is 10.1. The van der Waals surface area contributed by atoms with E-state index in [2.05, 4.69) is 27.7 Å². The second-order valence-corrected chi connectivity index (χ2v) is 15.4. The lowest BCUT2D eigenvalue weighted by atomic mass is 9.44. The molecule has 5 aliphatic rings. The number of benzene rings is 1. The minimum atomic E-state index is -1.29. The molecule has 0 amide bonds. The van der Waals surface area contributed by atoms with E-state index in [1.807, 2.05) is 19.1 Å². The van der Waals surface area contributed by atoms with Crippen molar-refractivity contribution in [1.82, 2.24) is 0 Å². The van der Waals surface area contributed by atoms with E-state index in [1.165, 1.54) is 0 Å². The fourth-order valence-corrected chi connectivity index (χ4v) is 10.2. The van der Waals surface area contributed by atoms with Gasteiger partial charge >= 0.3 is 0 Å². The van der Waals surface area contributed by atoms with Gasteiger partial charge in [-0.2, -0.15) is 0 Å². The van der Waals surface area contributed by atoms with Gasteiger partial charge in [0.1, 0.15) is 11.9 Å². The minimum Gasteiger partial charge on any atom is -0.508 e. The summed E-state index contributed by atoms with van der Waals surface area (Å²) in [5, 5.41) is 56.6. The molecule has 42 heavy (non-hydrogen) atoms. The van der Waals surface area contributed by atoms with Gasteiger partial charge in [-0.05, 0) is 117 Å². The van der Waals surface area contributed by atoms with Crippen molar-refractivity contribution in [3.8, 4) is 5.75 Å². The molecule has 5 N–H and O–H groups in total. The molecule has 0 unspecified atom stereocenters. The maximum Gasteiger partial charge on any atom is 0.159 e. The minimum absolute atomic E-state index is 0.0292. The Morgan fingerprint density at radius 3 is 2.52 bits per heavy atom. The average Bonchev–Trinajstić information content (AvgIpc) is 3.67. The summed E-state index contributed by atoms with van der Waals surface area (Å²) in [6.07, 6.45) is 3.80. The summed E-state index contributed by atoms with van der Waals surface area (Å²) in [5.74, 6) is 0.129. The standard InChI is InChI=1S/C35H50O7/c1-19(2)20(3)30-31(42-30)33(5,40)29-11-14-35(41)24-16-26(37)25-17-27(38)28(39)18-32(25,4)23(24)10-13-34(29,35)12-9-21-7-6-8-22(36)15-21/h6-8,15-16,19-20,23,25,27-31,36,38-41H,9-14,17-18H2,1-5H3/t20-,23+,25+,27-,28+,29-,30+,31-,32-,33-,34-,35-/m1/s1. The smallest absolute Gasteiger partial charge is 0.159 e. The van der Waals surface area contributed by atoms with Crippen LogP contribution in [0.15, 0.2) is 35.9 Å². The maximum atomic E-state index is 13.7. The van der Waals surface area contributed by atoms with E-state index in [9.17, 15) is 30.3 Å². The lowest BCUT2D eigenvalue weighted by Crippen LogP contribution is -2.63. The van der Waals surface area contributed by atoms with E-state index >= 15 is 0 Å². The molecule has 7 heteroatoms. The fraction of sp³-hybridized carbons (Fsp3) is 0.743. The fourth-order valence-electron chi connectivity index (χ4n) is 10.2. The van der Waals surface area contributed by atoms with Crippen molar-refractivity contribution in [2.45, 2.75) is 122 Å². The molecule has 1 aromatic carbocycles. The van der Waals surface area contributed by atoms with Crippen LogP contribution in [0, 0.1) is 40.4 Å². The van der Waals surface area contributed by atoms with Crippen LogP contribution in [0.5, 0.6) is 5.75 Å². The quantitative estimate of drug-likeness (QED) is 0.303. The van der Waals surface area contributed by atoms with Gasteiger partial charge in [0.15, 0.2) is 5.78 Å². The number of phenolic OH excluding ortho intramolecular Hbond substituents is 1. The van der Waals surface area contributed by atoms with E-state index in [-0.39, 0.29) is 47.9 Å². The third-order valence-electron chi connectivity index (χ3n) is 13.0. The van der Waals surface area contributed by atoms with E-state index in [4.69, 9.17) is 4.74 Å². The predicted octanol–water partition coefficient (Wildman–Crippen LogP) is 4.32. The number of aliphatic hydroxyl groups excluding tert-OH is 2. The van der Waals surface area contributed by atoms with Gasteiger partial charge in [0.25, 0.3) is 0 Å². The maximum absolute atomic E-state index is 13.7. The summed E-state index contributed by atoms with van der Waals surface area (Å²) in [5.41, 5.74) is -1.97. The molecule has 1 saturated heterocycles. The molecule has 7 nitrogen and oxygen atoms in total. The molecule has 4 aliphatic carbocycles. The van der Waals surface area contributed by atoms with Crippen LogP contribution < -0.4 is 0 Å². The number of aromatic hydroxyl groups is 1. The van der Waals surface area contributed by atoms with Gasteiger partial charge in [0, 0.05) is 11.3 Å². The van der Waals surface area contributed by atoms with Gasteiger partial charge in [0.2, 0.25) is 0 Å². The molecule has 0 spiro atoms. The Labute approximate surface area is 250 Å². The Hall–Kier alpha value is -1.77. The highest BCUT2D eigenvalue weighted by atomic mass is 16.6. The Kier molecular flexibility index (Phi) is 7.30. The van der Waals surface area contributed by atoms with Gasteiger partial charge < -0.3 is 30.3 Å². The van der Waals surface area contributed by atoms with Gasteiger partial charge in [-0.25, -0.2) is 0 Å². The number of phenols is 1. The number of hydrogen-bond acceptors (Lipinski definition) is 7. The molecule has 1 aliphatic heterocycles. The Morgan fingerprint density at radius 2 is 1.83 bits per heavy atom. The first-order chi connectivity index (χ1) is 19.7. The van der Waals surface area contributed by atoms with Crippen molar-refractivity contribution >= 4 is 5.78 Å². The number of aliphatic hydroxyl groups is 4. The third-order valence-corrected chi connectivity index (χ3v) is 13.0. The van der Waals surface area contributed by atoms with Crippen LogP contribution in [0.1, 0.15) is 85.1 Å². The molecule has 0 aromatic heterocycles. The molecule has 0 bridgehead atoms. The van der Waals surface area contributed by atoms with Crippen molar-refractivity contribution in [2.75, 3.05) is 0 Å². The molecule has 1 heterocycles. The largest absolute Gasteiger partial charge is 0.508 e. The molecule has 1 aromatic rings. The third kappa shape index (κ3) is 4.36. The number of ether oxygens (including phenoxy) is 1. The zero-order valence-electron chi connectivity index (χ0n) is 25.8. The van der Waals surface area contributed by atoms with Crippen LogP contribution in [0.4, 0.5) is 0 Å². The van der Waals surface area contributed by atoms with Gasteiger partial charge in [-0.15, -0.1) is 0 Å². The SMILES string of the molecule is CC(C)[C@@H](C)[C@@H]1O[C@H]1[C@](C)(O)[C@H]1CC[C@@]2(O)C3=CC(=O)[C@@H]4C[C@@H](O)[C@@H](O)C[C@]4(C)[C@H]3CC[C@]12CCc1cccc(O)c1. The van der Waals surface area contributed by atoms with Crippen LogP contribution in [0.2, 0.25) is 0 Å². The number of carbonyl (C=O) groups excluding carboxylic acids is 1. The normalized spacial score (nSPS) is 45.0. The lowest BCUT2D eigenvalue weighted by molar-refractivity contribution is -0.168. The van der Waals surface area contributed by atoms with Crippen molar-refractivity contribution in [1.29, 1.82) is 0 Å². The zero-order valence-corrected chi connectivity index (χ0v) is 25.8. The zero-order chi connectivity index (χ0) is 30.4. The van der Waals surface area contributed by atoms with Crippen molar-refractivity contribution in [3.63, 3.8) is 0 Å². The molecule has 12 atom stereocenters. The van der Waals surface area contributed by atoms with Gasteiger partial charge in [-0.3, -0.25) is 4.79 Å². The lowest BCUT2D eigenvalue weighted by Gasteiger charge is -2.61. The highest BCUT2D eigenvalue weighted by molar-refractivity contribution is 5.95. The Morgan fingerprint density at radius 1 is 1.10 bits per heavy atom. The number of epoxide rings is 1. The van der Waals surface area contributed by atoms with E-state index in [0.717, 1.165) is 17.6 Å². The van der Waals surface area contributed by atoms with Crippen LogP contribution >= 0.6 is 0 Å². The van der Waals surface area contributed by atoms with Crippen molar-refractivity contribution < 1.29 is 35.1 Å². The summed E-state index contributed by atoms with van der Waals surface area (Å²) in [6.45, 7) is 10.5. The number of rotatable bonds is 7. The van der Waals surface area contributed by atoms with Crippen LogP contribution in [0.3, 0.4) is 0 Å².